The molecule has 0 spiro atoms. The molecule has 1 fully saturated rings. The third-order valence-corrected chi connectivity index (χ3v) is 6.22. The van der Waals surface area contributed by atoms with Gasteiger partial charge in [-0.1, -0.05) is 36.4 Å². The first-order valence-electron chi connectivity index (χ1n) is 11.0. The second-order valence-electron chi connectivity index (χ2n) is 8.24. The number of ether oxygens (including phenoxy) is 1. The van der Waals surface area contributed by atoms with Gasteiger partial charge in [0.05, 0.1) is 12.5 Å². The Hall–Kier alpha value is -2.66. The van der Waals surface area contributed by atoms with E-state index in [1.165, 1.54) is 16.7 Å². The first-order valence-corrected chi connectivity index (χ1v) is 11.0. The van der Waals surface area contributed by atoms with E-state index in [1.54, 1.807) is 0 Å². The topological polar surface area (TPSA) is 49.9 Å². The number of nitrogens with zero attached hydrogens (tertiary/aromatic N) is 2. The molecule has 1 amide bonds. The molecule has 0 unspecified atom stereocenters. The lowest BCUT2D eigenvalue weighted by Crippen LogP contribution is -2.40. The highest BCUT2D eigenvalue weighted by molar-refractivity contribution is 5.94. The molecule has 5 nitrogen and oxygen atoms in total. The Labute approximate surface area is 178 Å². The molecule has 1 saturated heterocycles. The summed E-state index contributed by atoms with van der Waals surface area (Å²) in [7, 11) is 0. The quantitative estimate of drug-likeness (QED) is 0.711. The number of benzene rings is 2. The largest absolute Gasteiger partial charge is 0.466 e. The number of carbonyl (C=O) groups is 2. The van der Waals surface area contributed by atoms with Gasteiger partial charge in [-0.2, -0.15) is 0 Å². The standard InChI is InChI=1S/C25H30N2O3/c1-2-30-25(29)22-12-15-27(16-13-22)24(28)21-9-7-19(8-10-21)17-26-14-11-20-5-3-4-6-23(20)18-26/h3-10,22H,2,11-18H2,1H3. The maximum atomic E-state index is 12.8. The van der Waals surface area contributed by atoms with Crippen LogP contribution in [-0.4, -0.2) is 47.9 Å². The van der Waals surface area contributed by atoms with Crippen molar-refractivity contribution in [1.29, 1.82) is 0 Å². The molecule has 0 radical (unpaired) electrons. The van der Waals surface area contributed by atoms with Gasteiger partial charge in [-0.25, -0.2) is 0 Å². The molecule has 0 aliphatic carbocycles. The average molecular weight is 407 g/mol. The molecule has 2 heterocycles. The third kappa shape index (κ3) is 4.73. The molecule has 2 aliphatic heterocycles. The van der Waals surface area contributed by atoms with Gasteiger partial charge in [-0.15, -0.1) is 0 Å². The molecule has 5 heteroatoms. The zero-order valence-corrected chi connectivity index (χ0v) is 17.7. The van der Waals surface area contributed by atoms with Crippen molar-refractivity contribution in [2.75, 3.05) is 26.2 Å². The Morgan fingerprint density at radius 1 is 0.967 bits per heavy atom. The van der Waals surface area contributed by atoms with E-state index in [0.29, 0.717) is 32.5 Å². The van der Waals surface area contributed by atoms with Gasteiger partial charge in [-0.3, -0.25) is 14.5 Å². The van der Waals surface area contributed by atoms with Gasteiger partial charge < -0.3 is 9.64 Å². The van der Waals surface area contributed by atoms with Crippen molar-refractivity contribution in [3.8, 4) is 0 Å². The molecule has 158 valence electrons. The normalized spacial score (nSPS) is 17.4. The Balaban J connectivity index is 1.31. The van der Waals surface area contributed by atoms with Crippen molar-refractivity contribution in [1.82, 2.24) is 9.80 Å². The Morgan fingerprint density at radius 2 is 1.67 bits per heavy atom. The lowest BCUT2D eigenvalue weighted by molar-refractivity contribution is -0.149. The summed E-state index contributed by atoms with van der Waals surface area (Å²) in [6.07, 6.45) is 2.45. The van der Waals surface area contributed by atoms with E-state index in [-0.39, 0.29) is 17.8 Å². The molecule has 2 aliphatic rings. The summed E-state index contributed by atoms with van der Waals surface area (Å²) in [5, 5.41) is 0. The average Bonchev–Trinajstić information content (AvgIpc) is 2.79. The van der Waals surface area contributed by atoms with Crippen LogP contribution in [0.5, 0.6) is 0 Å². The number of hydrogen-bond donors (Lipinski definition) is 0. The fraction of sp³-hybridized carbons (Fsp3) is 0.440. The summed E-state index contributed by atoms with van der Waals surface area (Å²) in [6.45, 7) is 6.39. The number of amides is 1. The second-order valence-corrected chi connectivity index (χ2v) is 8.24. The predicted octanol–water partition coefficient (Wildman–Crippen LogP) is 3.66. The van der Waals surface area contributed by atoms with E-state index in [1.807, 2.05) is 24.0 Å². The van der Waals surface area contributed by atoms with E-state index < -0.39 is 0 Å². The number of carbonyl (C=O) groups excluding carboxylic acids is 2. The lowest BCUT2D eigenvalue weighted by atomic mass is 9.96. The number of rotatable bonds is 5. The summed E-state index contributed by atoms with van der Waals surface area (Å²) in [5.74, 6) is -0.156. The van der Waals surface area contributed by atoms with E-state index in [9.17, 15) is 9.59 Å². The van der Waals surface area contributed by atoms with Gasteiger partial charge in [0.15, 0.2) is 0 Å². The van der Waals surface area contributed by atoms with Crippen molar-refractivity contribution in [2.24, 2.45) is 5.92 Å². The molecule has 2 aromatic rings. The summed E-state index contributed by atoms with van der Waals surface area (Å²) in [6, 6.07) is 16.7. The Kier molecular flexibility index (Phi) is 6.48. The minimum atomic E-state index is -0.130. The van der Waals surface area contributed by atoms with Crippen molar-refractivity contribution < 1.29 is 14.3 Å². The molecule has 0 bridgehead atoms. The predicted molar refractivity (Wildman–Crippen MR) is 116 cm³/mol. The van der Waals surface area contributed by atoms with E-state index in [2.05, 4.69) is 41.3 Å². The number of piperidine rings is 1. The SMILES string of the molecule is CCOC(=O)C1CCN(C(=O)c2ccc(CN3CCc4ccccc4C3)cc2)CC1. The van der Waals surface area contributed by atoms with Crippen molar-refractivity contribution in [3.63, 3.8) is 0 Å². The minimum absolute atomic E-state index is 0.0516. The van der Waals surface area contributed by atoms with Crippen LogP contribution in [0.25, 0.3) is 0 Å². The minimum Gasteiger partial charge on any atom is -0.466 e. The molecular weight excluding hydrogens is 376 g/mol. The lowest BCUT2D eigenvalue weighted by Gasteiger charge is -2.31. The summed E-state index contributed by atoms with van der Waals surface area (Å²) in [4.78, 5) is 29.0. The fourth-order valence-electron chi connectivity index (χ4n) is 4.46. The number of hydrogen-bond acceptors (Lipinski definition) is 4. The number of fused-ring (bicyclic) bond motifs is 1. The summed E-state index contributed by atoms with van der Waals surface area (Å²) in [5.41, 5.74) is 4.83. The molecule has 0 saturated carbocycles. The molecule has 2 aromatic carbocycles. The van der Waals surface area contributed by atoms with E-state index >= 15 is 0 Å². The molecule has 0 aromatic heterocycles. The van der Waals surface area contributed by atoms with Gasteiger partial charge in [-0.05, 0) is 55.0 Å². The monoisotopic (exact) mass is 406 g/mol. The summed E-state index contributed by atoms with van der Waals surface area (Å²) < 4.78 is 5.11. The highest BCUT2D eigenvalue weighted by Crippen LogP contribution is 2.22. The smallest absolute Gasteiger partial charge is 0.309 e. The maximum Gasteiger partial charge on any atom is 0.309 e. The summed E-state index contributed by atoms with van der Waals surface area (Å²) >= 11 is 0. The third-order valence-electron chi connectivity index (χ3n) is 6.22. The van der Waals surface area contributed by atoms with Crippen LogP contribution < -0.4 is 0 Å². The van der Waals surface area contributed by atoms with Crippen molar-refractivity contribution in [2.45, 2.75) is 39.3 Å². The van der Waals surface area contributed by atoms with Gasteiger partial charge in [0.2, 0.25) is 0 Å². The number of likely N-dealkylation sites (tertiary alicyclic amines) is 1. The molecule has 0 atom stereocenters. The Morgan fingerprint density at radius 3 is 2.37 bits per heavy atom. The van der Waals surface area contributed by atoms with Gasteiger partial charge >= 0.3 is 5.97 Å². The molecular formula is C25H30N2O3. The van der Waals surface area contributed by atoms with Crippen LogP contribution in [0.4, 0.5) is 0 Å². The van der Waals surface area contributed by atoms with Crippen molar-refractivity contribution in [3.05, 3.63) is 70.8 Å². The highest BCUT2D eigenvalue weighted by atomic mass is 16.5. The van der Waals surface area contributed by atoms with Crippen LogP contribution in [0.15, 0.2) is 48.5 Å². The first kappa shape index (κ1) is 20.6. The van der Waals surface area contributed by atoms with Gasteiger partial charge in [0.1, 0.15) is 0 Å². The molecule has 4 rings (SSSR count). The zero-order chi connectivity index (χ0) is 20.9. The van der Waals surface area contributed by atoms with Crippen LogP contribution >= 0.6 is 0 Å². The Bertz CT molecular complexity index is 886. The highest BCUT2D eigenvalue weighted by Gasteiger charge is 2.28. The van der Waals surface area contributed by atoms with Crippen LogP contribution in [-0.2, 0) is 29.0 Å². The molecule has 0 N–H and O–H groups in total. The second kappa shape index (κ2) is 9.43. The van der Waals surface area contributed by atoms with Crippen LogP contribution in [0.3, 0.4) is 0 Å². The van der Waals surface area contributed by atoms with Crippen LogP contribution in [0.1, 0.15) is 46.8 Å². The fourth-order valence-corrected chi connectivity index (χ4v) is 4.46. The van der Waals surface area contributed by atoms with Gasteiger partial charge in [0.25, 0.3) is 5.91 Å². The first-order chi connectivity index (χ1) is 14.6. The van der Waals surface area contributed by atoms with Crippen molar-refractivity contribution >= 4 is 11.9 Å². The van der Waals surface area contributed by atoms with E-state index in [0.717, 1.165) is 31.6 Å². The number of esters is 1. The van der Waals surface area contributed by atoms with E-state index in [4.69, 9.17) is 4.74 Å². The zero-order valence-electron chi connectivity index (χ0n) is 17.7. The van der Waals surface area contributed by atoms with Gasteiger partial charge in [0, 0.05) is 38.3 Å². The van der Waals surface area contributed by atoms with Crippen LogP contribution in [0, 0.1) is 5.92 Å². The van der Waals surface area contributed by atoms with Crippen LogP contribution in [0.2, 0.25) is 0 Å². The molecule has 30 heavy (non-hydrogen) atoms. The maximum absolute atomic E-state index is 12.8.